The van der Waals surface area contributed by atoms with E-state index in [-0.39, 0.29) is 18.9 Å². The van der Waals surface area contributed by atoms with Gasteiger partial charge in [-0.05, 0) is 6.07 Å². The number of Topliss-reactive ketones (excluding diaryl/α,β-unsaturated/α-hetero) is 1. The molecule has 0 aromatic carbocycles. The summed E-state index contributed by atoms with van der Waals surface area (Å²) < 4.78 is 0. The maximum atomic E-state index is 11.2. The van der Waals surface area contributed by atoms with Gasteiger partial charge in [-0.25, -0.2) is 0 Å². The molecule has 0 unspecified atom stereocenters. The summed E-state index contributed by atoms with van der Waals surface area (Å²) in [5, 5.41) is 11.2. The van der Waals surface area contributed by atoms with Crippen molar-refractivity contribution in [3.8, 4) is 0 Å². The number of H-pyrrole nitrogens is 1. The molecule has 0 aliphatic heterocycles. The molecule has 0 spiro atoms. The lowest BCUT2D eigenvalue weighted by molar-refractivity contribution is 0.0990. The fourth-order valence-corrected chi connectivity index (χ4v) is 0.880. The molecular formula is C8H12N2O2. The van der Waals surface area contributed by atoms with Gasteiger partial charge in [0.05, 0.1) is 13.2 Å². The van der Waals surface area contributed by atoms with Gasteiger partial charge < -0.3 is 15.4 Å². The molecule has 4 nitrogen and oxygen atoms in total. The summed E-state index contributed by atoms with van der Waals surface area (Å²) in [6, 6.07) is 1.73. The fraction of sp³-hybridized carbons (Fsp3) is 0.375. The van der Waals surface area contributed by atoms with Crippen LogP contribution >= 0.6 is 0 Å². The normalized spacial score (nSPS) is 10.1. The molecule has 0 radical (unpaired) electrons. The van der Waals surface area contributed by atoms with E-state index in [4.69, 9.17) is 5.11 Å². The number of hydrogen-bond donors (Lipinski definition) is 3. The average Bonchev–Trinajstić information content (AvgIpc) is 2.56. The third-order valence-corrected chi connectivity index (χ3v) is 1.49. The molecule has 1 rings (SSSR count). The van der Waals surface area contributed by atoms with Crippen LogP contribution in [0.1, 0.15) is 10.4 Å². The van der Waals surface area contributed by atoms with Crippen molar-refractivity contribution in [3.63, 3.8) is 0 Å². The molecule has 0 atom stereocenters. The van der Waals surface area contributed by atoms with Crippen molar-refractivity contribution in [2.75, 3.05) is 19.7 Å². The first-order valence-electron chi connectivity index (χ1n) is 3.82. The van der Waals surface area contributed by atoms with E-state index in [2.05, 4.69) is 10.3 Å². The van der Waals surface area contributed by atoms with Gasteiger partial charge in [-0.3, -0.25) is 4.79 Å². The Morgan fingerprint density at radius 3 is 3.08 bits per heavy atom. The Hall–Kier alpha value is -1.13. The SMILES string of the molecule is O=C(CNCCO)c1cc[nH]c1. The lowest BCUT2D eigenvalue weighted by Crippen LogP contribution is -2.25. The number of rotatable bonds is 5. The Morgan fingerprint density at radius 2 is 2.50 bits per heavy atom. The number of aromatic amines is 1. The number of ketones is 1. The van der Waals surface area contributed by atoms with E-state index < -0.39 is 0 Å². The van der Waals surface area contributed by atoms with Gasteiger partial charge in [0, 0.05) is 24.5 Å². The van der Waals surface area contributed by atoms with Crippen LogP contribution < -0.4 is 5.32 Å². The van der Waals surface area contributed by atoms with Gasteiger partial charge in [0.2, 0.25) is 0 Å². The van der Waals surface area contributed by atoms with Crippen molar-refractivity contribution in [1.82, 2.24) is 10.3 Å². The number of hydrogen-bond acceptors (Lipinski definition) is 3. The summed E-state index contributed by atoms with van der Waals surface area (Å²) in [6.07, 6.45) is 3.36. The highest BCUT2D eigenvalue weighted by Gasteiger charge is 2.03. The first-order chi connectivity index (χ1) is 5.84. The van der Waals surface area contributed by atoms with Gasteiger partial charge in [-0.2, -0.15) is 0 Å². The first kappa shape index (κ1) is 8.96. The summed E-state index contributed by atoms with van der Waals surface area (Å²) in [4.78, 5) is 14.0. The van der Waals surface area contributed by atoms with Gasteiger partial charge in [-0.15, -0.1) is 0 Å². The van der Waals surface area contributed by atoms with E-state index in [0.29, 0.717) is 12.1 Å². The minimum absolute atomic E-state index is 0.0321. The Labute approximate surface area is 70.6 Å². The van der Waals surface area contributed by atoms with Crippen LogP contribution in [0, 0.1) is 0 Å². The van der Waals surface area contributed by atoms with E-state index in [9.17, 15) is 4.79 Å². The van der Waals surface area contributed by atoms with Crippen LogP contribution in [0.2, 0.25) is 0 Å². The van der Waals surface area contributed by atoms with Crippen LogP contribution in [-0.4, -0.2) is 35.6 Å². The molecule has 1 heterocycles. The predicted molar refractivity (Wildman–Crippen MR) is 45.1 cm³/mol. The zero-order valence-electron chi connectivity index (χ0n) is 6.71. The zero-order chi connectivity index (χ0) is 8.81. The van der Waals surface area contributed by atoms with Crippen LogP contribution in [0.15, 0.2) is 18.5 Å². The largest absolute Gasteiger partial charge is 0.395 e. The molecule has 4 heteroatoms. The second-order valence-electron chi connectivity index (χ2n) is 2.42. The third kappa shape index (κ3) is 2.48. The van der Waals surface area contributed by atoms with Crippen molar-refractivity contribution in [3.05, 3.63) is 24.0 Å². The van der Waals surface area contributed by atoms with Gasteiger partial charge in [0.25, 0.3) is 0 Å². The molecular weight excluding hydrogens is 156 g/mol. The summed E-state index contributed by atoms with van der Waals surface area (Å²) in [5.41, 5.74) is 0.667. The maximum absolute atomic E-state index is 11.2. The Kier molecular flexibility index (Phi) is 3.50. The highest BCUT2D eigenvalue weighted by Crippen LogP contribution is 1.96. The van der Waals surface area contributed by atoms with Crippen LogP contribution in [-0.2, 0) is 0 Å². The highest BCUT2D eigenvalue weighted by molar-refractivity contribution is 5.97. The summed E-state index contributed by atoms with van der Waals surface area (Å²) in [5.74, 6) is 0.0321. The molecule has 0 saturated carbocycles. The van der Waals surface area contributed by atoms with Crippen LogP contribution in [0.25, 0.3) is 0 Å². The number of carbonyl (C=O) groups is 1. The fourth-order valence-electron chi connectivity index (χ4n) is 0.880. The minimum atomic E-state index is 0.0321. The molecule has 0 amide bonds. The Bertz CT molecular complexity index is 231. The van der Waals surface area contributed by atoms with Crippen LogP contribution in [0.4, 0.5) is 0 Å². The second kappa shape index (κ2) is 4.69. The van der Waals surface area contributed by atoms with Crippen molar-refractivity contribution in [2.24, 2.45) is 0 Å². The summed E-state index contributed by atoms with van der Waals surface area (Å²) in [7, 11) is 0. The average molecular weight is 168 g/mol. The summed E-state index contributed by atoms with van der Waals surface area (Å²) in [6.45, 7) is 0.787. The molecule has 66 valence electrons. The van der Waals surface area contributed by atoms with E-state index in [1.165, 1.54) is 0 Å². The Morgan fingerprint density at radius 1 is 1.67 bits per heavy atom. The van der Waals surface area contributed by atoms with Crippen molar-refractivity contribution in [2.45, 2.75) is 0 Å². The van der Waals surface area contributed by atoms with Crippen LogP contribution in [0.3, 0.4) is 0 Å². The highest BCUT2D eigenvalue weighted by atomic mass is 16.3. The minimum Gasteiger partial charge on any atom is -0.395 e. The molecule has 0 bridgehead atoms. The van der Waals surface area contributed by atoms with E-state index >= 15 is 0 Å². The molecule has 1 aromatic rings. The Balaban J connectivity index is 2.30. The molecule has 0 aliphatic rings. The first-order valence-corrected chi connectivity index (χ1v) is 3.82. The van der Waals surface area contributed by atoms with Crippen molar-refractivity contribution < 1.29 is 9.90 Å². The molecule has 1 aromatic heterocycles. The quantitative estimate of drug-likeness (QED) is 0.420. The number of nitrogens with one attached hydrogen (secondary N) is 2. The summed E-state index contributed by atoms with van der Waals surface area (Å²) >= 11 is 0. The standard InChI is InChI=1S/C8H12N2O2/c11-4-3-10-6-8(12)7-1-2-9-5-7/h1-2,5,9-11H,3-4,6H2. The van der Waals surface area contributed by atoms with E-state index in [1.54, 1.807) is 18.5 Å². The van der Waals surface area contributed by atoms with Crippen molar-refractivity contribution >= 4 is 5.78 Å². The van der Waals surface area contributed by atoms with E-state index in [1.807, 2.05) is 0 Å². The molecule has 12 heavy (non-hydrogen) atoms. The predicted octanol–water partition coefficient (Wildman–Crippen LogP) is -0.221. The van der Waals surface area contributed by atoms with Gasteiger partial charge in [-0.1, -0.05) is 0 Å². The van der Waals surface area contributed by atoms with Crippen molar-refractivity contribution in [1.29, 1.82) is 0 Å². The van der Waals surface area contributed by atoms with Gasteiger partial charge in [0.1, 0.15) is 0 Å². The lowest BCUT2D eigenvalue weighted by atomic mass is 10.2. The van der Waals surface area contributed by atoms with Gasteiger partial charge >= 0.3 is 0 Å². The van der Waals surface area contributed by atoms with E-state index in [0.717, 1.165) is 0 Å². The second-order valence-corrected chi connectivity index (χ2v) is 2.42. The third-order valence-electron chi connectivity index (χ3n) is 1.49. The number of aliphatic hydroxyl groups excluding tert-OH is 1. The van der Waals surface area contributed by atoms with Gasteiger partial charge in [0.15, 0.2) is 5.78 Å². The number of aliphatic hydroxyl groups is 1. The molecule has 0 aliphatic carbocycles. The molecule has 0 fully saturated rings. The zero-order valence-corrected chi connectivity index (χ0v) is 6.71. The van der Waals surface area contributed by atoms with Crippen LogP contribution in [0.5, 0.6) is 0 Å². The molecule has 3 N–H and O–H groups in total. The molecule has 0 saturated heterocycles. The number of aromatic nitrogens is 1. The lowest BCUT2D eigenvalue weighted by Gasteiger charge is -1.98. The monoisotopic (exact) mass is 168 g/mol. The topological polar surface area (TPSA) is 65.1 Å². The maximum Gasteiger partial charge on any atom is 0.178 e. The smallest absolute Gasteiger partial charge is 0.178 e. The number of carbonyl (C=O) groups excluding carboxylic acids is 1.